The fourth-order valence-electron chi connectivity index (χ4n) is 3.21. The minimum absolute atomic E-state index is 0.109. The molecule has 0 saturated carbocycles. The van der Waals surface area contributed by atoms with Crippen LogP contribution < -0.4 is 14.8 Å². The molecule has 0 aliphatic carbocycles. The van der Waals surface area contributed by atoms with Gasteiger partial charge in [0.15, 0.2) is 6.10 Å². The third-order valence-electron chi connectivity index (χ3n) is 5.17. The third-order valence-corrected chi connectivity index (χ3v) is 6.53. The highest BCUT2D eigenvalue weighted by Crippen LogP contribution is 2.24. The molecule has 3 aromatic rings. The first-order valence-corrected chi connectivity index (χ1v) is 11.8. The molecule has 168 valence electrons. The first-order valence-electron chi connectivity index (χ1n) is 10.3. The van der Waals surface area contributed by atoms with Crippen LogP contribution in [0.25, 0.3) is 0 Å². The Kier molecular flexibility index (Phi) is 6.89. The summed E-state index contributed by atoms with van der Waals surface area (Å²) in [6.07, 6.45) is -0.718. The molecular weight excluding hydrogens is 424 g/mol. The lowest BCUT2D eigenvalue weighted by molar-refractivity contribution is -0.122. The second-order valence-corrected chi connectivity index (χ2v) is 9.60. The van der Waals surface area contributed by atoms with E-state index in [9.17, 15) is 13.2 Å². The molecule has 0 aliphatic heterocycles. The zero-order valence-corrected chi connectivity index (χ0v) is 19.7. The van der Waals surface area contributed by atoms with Crippen molar-refractivity contribution >= 4 is 27.3 Å². The Morgan fingerprint density at radius 2 is 1.50 bits per heavy atom. The van der Waals surface area contributed by atoms with E-state index in [0.29, 0.717) is 17.1 Å². The number of benzene rings is 3. The number of nitrogens with one attached hydrogen (secondary N) is 2. The van der Waals surface area contributed by atoms with Gasteiger partial charge in [-0.25, -0.2) is 8.42 Å². The lowest BCUT2D eigenvalue weighted by Gasteiger charge is -2.17. The number of anilines is 2. The maximum absolute atomic E-state index is 12.8. The maximum Gasteiger partial charge on any atom is 0.265 e. The van der Waals surface area contributed by atoms with E-state index in [1.54, 1.807) is 19.1 Å². The Balaban J connectivity index is 1.68. The minimum Gasteiger partial charge on any atom is -0.481 e. The van der Waals surface area contributed by atoms with Crippen LogP contribution in [0.15, 0.2) is 65.6 Å². The summed E-state index contributed by atoms with van der Waals surface area (Å²) in [7, 11) is -3.76. The van der Waals surface area contributed by atoms with Crippen LogP contribution in [0.5, 0.6) is 5.75 Å². The third kappa shape index (κ3) is 5.48. The van der Waals surface area contributed by atoms with E-state index < -0.39 is 16.1 Å². The van der Waals surface area contributed by atoms with Crippen molar-refractivity contribution in [2.24, 2.45) is 0 Å². The predicted molar refractivity (Wildman–Crippen MR) is 128 cm³/mol. The highest BCUT2D eigenvalue weighted by Gasteiger charge is 2.19. The maximum atomic E-state index is 12.8. The number of para-hydroxylation sites is 1. The van der Waals surface area contributed by atoms with Crippen molar-refractivity contribution < 1.29 is 17.9 Å². The Morgan fingerprint density at radius 1 is 0.875 bits per heavy atom. The van der Waals surface area contributed by atoms with Gasteiger partial charge in [-0.2, -0.15) is 0 Å². The first kappa shape index (κ1) is 23.3. The Labute approximate surface area is 189 Å². The van der Waals surface area contributed by atoms with Crippen molar-refractivity contribution in [2.75, 3.05) is 10.0 Å². The summed E-state index contributed by atoms with van der Waals surface area (Å²) in [4.78, 5) is 12.7. The predicted octanol–water partition coefficient (Wildman–Crippen LogP) is 5.13. The minimum atomic E-state index is -3.76. The summed E-state index contributed by atoms with van der Waals surface area (Å²) >= 11 is 0. The average molecular weight is 453 g/mol. The second-order valence-electron chi connectivity index (χ2n) is 7.91. The highest BCUT2D eigenvalue weighted by molar-refractivity contribution is 7.92. The zero-order chi connectivity index (χ0) is 23.5. The van der Waals surface area contributed by atoms with Crippen molar-refractivity contribution in [3.05, 3.63) is 82.9 Å². The Bertz CT molecular complexity index is 1220. The number of hydrogen-bond acceptors (Lipinski definition) is 4. The summed E-state index contributed by atoms with van der Waals surface area (Å²) in [5.41, 5.74) is 4.73. The van der Waals surface area contributed by atoms with Gasteiger partial charge in [0.2, 0.25) is 0 Å². The lowest BCUT2D eigenvalue weighted by Crippen LogP contribution is -2.30. The summed E-state index contributed by atoms with van der Waals surface area (Å²) in [5, 5.41) is 2.76. The van der Waals surface area contributed by atoms with Crippen LogP contribution in [0.3, 0.4) is 0 Å². The molecule has 0 fully saturated rings. The van der Waals surface area contributed by atoms with Crippen molar-refractivity contribution in [1.82, 2.24) is 0 Å². The summed E-state index contributed by atoms with van der Waals surface area (Å²) in [5.74, 6) is 0.335. The first-order chi connectivity index (χ1) is 15.1. The number of hydrogen-bond donors (Lipinski definition) is 2. The fraction of sp³-hybridized carbons (Fsp3) is 0.240. The molecule has 1 atom stereocenters. The van der Waals surface area contributed by atoms with Crippen molar-refractivity contribution in [2.45, 2.75) is 45.6 Å². The molecule has 0 spiro atoms. The summed E-state index contributed by atoms with van der Waals surface area (Å²) in [6.45, 7) is 9.26. The zero-order valence-electron chi connectivity index (χ0n) is 18.9. The van der Waals surface area contributed by atoms with Gasteiger partial charge in [0.25, 0.3) is 15.9 Å². The molecule has 0 radical (unpaired) electrons. The van der Waals surface area contributed by atoms with E-state index in [1.807, 2.05) is 64.1 Å². The number of carbonyl (C=O) groups is 1. The second kappa shape index (κ2) is 9.44. The van der Waals surface area contributed by atoms with Gasteiger partial charge in [-0.1, -0.05) is 30.3 Å². The molecule has 2 N–H and O–H groups in total. The van der Waals surface area contributed by atoms with Crippen LogP contribution in [0.1, 0.15) is 29.2 Å². The molecule has 0 aromatic heterocycles. The molecule has 7 heteroatoms. The van der Waals surface area contributed by atoms with Crippen LogP contribution in [0.2, 0.25) is 0 Å². The van der Waals surface area contributed by atoms with Crippen molar-refractivity contribution in [3.8, 4) is 5.75 Å². The number of aryl methyl sites for hydroxylation is 4. The standard InChI is InChI=1S/C25H28N2O4S/c1-16-9-10-17(2)23(15-16)31-20(5)25(28)26-21-11-13-22(14-12-21)32(29,30)27-24-18(3)7-6-8-19(24)4/h6-15,20,27H,1-5H3,(H,26,28). The number of rotatable bonds is 7. The van der Waals surface area contributed by atoms with Gasteiger partial charge in [0.1, 0.15) is 5.75 Å². The van der Waals surface area contributed by atoms with E-state index in [-0.39, 0.29) is 10.8 Å². The molecular formula is C25H28N2O4S. The van der Waals surface area contributed by atoms with E-state index in [2.05, 4.69) is 10.0 Å². The van der Waals surface area contributed by atoms with Crippen LogP contribution in [-0.4, -0.2) is 20.4 Å². The molecule has 6 nitrogen and oxygen atoms in total. The van der Waals surface area contributed by atoms with E-state index >= 15 is 0 Å². The number of carbonyl (C=O) groups excluding carboxylic acids is 1. The normalized spacial score (nSPS) is 12.2. The summed E-state index contributed by atoms with van der Waals surface area (Å²) < 4.78 is 34.0. The van der Waals surface area contributed by atoms with Gasteiger partial charge < -0.3 is 10.1 Å². The van der Waals surface area contributed by atoms with Gasteiger partial charge in [0, 0.05) is 5.69 Å². The molecule has 0 saturated heterocycles. The van der Waals surface area contributed by atoms with Gasteiger partial charge in [0.05, 0.1) is 10.6 Å². The van der Waals surface area contributed by atoms with Gasteiger partial charge in [-0.15, -0.1) is 0 Å². The smallest absolute Gasteiger partial charge is 0.265 e. The molecule has 0 bridgehead atoms. The Morgan fingerprint density at radius 3 is 2.12 bits per heavy atom. The van der Waals surface area contributed by atoms with Crippen LogP contribution in [0.4, 0.5) is 11.4 Å². The fourth-order valence-corrected chi connectivity index (χ4v) is 4.41. The lowest BCUT2D eigenvalue weighted by atomic mass is 10.1. The molecule has 0 heterocycles. The Hall–Kier alpha value is -3.32. The number of sulfonamides is 1. The largest absolute Gasteiger partial charge is 0.481 e. The van der Waals surface area contributed by atoms with E-state index in [0.717, 1.165) is 22.3 Å². The van der Waals surface area contributed by atoms with E-state index in [1.165, 1.54) is 12.1 Å². The van der Waals surface area contributed by atoms with Crippen molar-refractivity contribution in [1.29, 1.82) is 0 Å². The molecule has 1 amide bonds. The van der Waals surface area contributed by atoms with Gasteiger partial charge in [-0.05, 0) is 87.2 Å². The highest BCUT2D eigenvalue weighted by atomic mass is 32.2. The van der Waals surface area contributed by atoms with Gasteiger partial charge >= 0.3 is 0 Å². The topological polar surface area (TPSA) is 84.5 Å². The van der Waals surface area contributed by atoms with Crippen molar-refractivity contribution in [3.63, 3.8) is 0 Å². The number of amides is 1. The molecule has 3 rings (SSSR count). The SMILES string of the molecule is Cc1ccc(C)c(OC(C)C(=O)Nc2ccc(S(=O)(=O)Nc3c(C)cccc3C)cc2)c1. The van der Waals surface area contributed by atoms with Crippen LogP contribution in [0, 0.1) is 27.7 Å². The van der Waals surface area contributed by atoms with Crippen LogP contribution in [-0.2, 0) is 14.8 Å². The molecule has 1 unspecified atom stereocenters. The molecule has 0 aliphatic rings. The van der Waals surface area contributed by atoms with Crippen LogP contribution >= 0.6 is 0 Å². The number of ether oxygens (including phenoxy) is 1. The van der Waals surface area contributed by atoms with E-state index in [4.69, 9.17) is 4.74 Å². The monoisotopic (exact) mass is 452 g/mol. The molecule has 3 aromatic carbocycles. The average Bonchev–Trinajstić information content (AvgIpc) is 2.74. The quantitative estimate of drug-likeness (QED) is 0.521. The van der Waals surface area contributed by atoms with Gasteiger partial charge in [-0.3, -0.25) is 9.52 Å². The molecule has 32 heavy (non-hydrogen) atoms. The summed E-state index contributed by atoms with van der Waals surface area (Å²) in [6, 6.07) is 17.4.